The fourth-order valence-corrected chi connectivity index (χ4v) is 3.46. The van der Waals surface area contributed by atoms with E-state index in [1.54, 1.807) is 12.1 Å². The topological polar surface area (TPSA) is 79.2 Å². The predicted molar refractivity (Wildman–Crippen MR) is 110 cm³/mol. The van der Waals surface area contributed by atoms with E-state index in [-0.39, 0.29) is 18.8 Å². The van der Waals surface area contributed by atoms with Crippen LogP contribution in [-0.4, -0.2) is 24.2 Å². The molecule has 0 saturated carbocycles. The van der Waals surface area contributed by atoms with Gasteiger partial charge in [-0.15, -0.1) is 11.8 Å². The Morgan fingerprint density at radius 3 is 2.61 bits per heavy atom. The first-order valence-electron chi connectivity index (χ1n) is 8.68. The Morgan fingerprint density at radius 1 is 1.00 bits per heavy atom. The van der Waals surface area contributed by atoms with Gasteiger partial charge in [-0.1, -0.05) is 54.6 Å². The molecule has 0 heterocycles. The average Bonchev–Trinajstić information content (AvgIpc) is 2.72. The molecule has 0 aliphatic carbocycles. The molecular formula is C22H18N2O3S. The first kappa shape index (κ1) is 19.5. The van der Waals surface area contributed by atoms with Crippen molar-refractivity contribution in [3.63, 3.8) is 0 Å². The molecule has 3 rings (SSSR count). The quantitative estimate of drug-likeness (QED) is 0.484. The van der Waals surface area contributed by atoms with Crippen molar-refractivity contribution < 1.29 is 14.3 Å². The minimum atomic E-state index is -0.460. The number of ether oxygens (including phenoxy) is 1. The third-order valence-electron chi connectivity index (χ3n) is 4.03. The first-order valence-corrected chi connectivity index (χ1v) is 9.67. The van der Waals surface area contributed by atoms with Crippen molar-refractivity contribution in [3.8, 4) is 6.07 Å². The monoisotopic (exact) mass is 390 g/mol. The molecule has 0 atom stereocenters. The van der Waals surface area contributed by atoms with Gasteiger partial charge in [0.25, 0.3) is 5.91 Å². The van der Waals surface area contributed by atoms with Gasteiger partial charge in [-0.3, -0.25) is 9.59 Å². The number of esters is 1. The summed E-state index contributed by atoms with van der Waals surface area (Å²) in [7, 11) is 0. The number of fused-ring (bicyclic) bond motifs is 1. The van der Waals surface area contributed by atoms with E-state index in [1.165, 1.54) is 11.8 Å². The number of amides is 1. The smallest absolute Gasteiger partial charge is 0.310 e. The third kappa shape index (κ3) is 5.12. The maximum Gasteiger partial charge on any atom is 0.310 e. The summed E-state index contributed by atoms with van der Waals surface area (Å²) in [6, 6.07) is 22.8. The summed E-state index contributed by atoms with van der Waals surface area (Å²) in [6.07, 6.45) is 0.100. The van der Waals surface area contributed by atoms with Crippen LogP contribution in [-0.2, 0) is 20.7 Å². The fraction of sp³-hybridized carbons (Fsp3) is 0.136. The van der Waals surface area contributed by atoms with Crippen LogP contribution in [0, 0.1) is 11.3 Å². The van der Waals surface area contributed by atoms with Gasteiger partial charge in [0.2, 0.25) is 0 Å². The van der Waals surface area contributed by atoms with Gasteiger partial charge in [-0.2, -0.15) is 5.26 Å². The van der Waals surface area contributed by atoms with Gasteiger partial charge in [0.05, 0.1) is 23.9 Å². The minimum absolute atomic E-state index is 0.100. The number of thioether (sulfide) groups is 1. The summed E-state index contributed by atoms with van der Waals surface area (Å²) in [6.45, 7) is -0.360. The van der Waals surface area contributed by atoms with Crippen LogP contribution in [0.5, 0.6) is 0 Å². The largest absolute Gasteiger partial charge is 0.455 e. The Bertz CT molecular complexity index is 1040. The van der Waals surface area contributed by atoms with Gasteiger partial charge < -0.3 is 10.1 Å². The lowest BCUT2D eigenvalue weighted by Crippen LogP contribution is -2.22. The molecule has 3 aromatic carbocycles. The maximum absolute atomic E-state index is 12.2. The summed E-state index contributed by atoms with van der Waals surface area (Å²) in [5, 5.41) is 13.5. The van der Waals surface area contributed by atoms with Crippen molar-refractivity contribution in [1.29, 1.82) is 5.26 Å². The van der Waals surface area contributed by atoms with E-state index in [1.807, 2.05) is 54.6 Å². The summed E-state index contributed by atoms with van der Waals surface area (Å²) < 4.78 is 5.14. The zero-order chi connectivity index (χ0) is 19.8. The fourth-order valence-electron chi connectivity index (χ4n) is 2.79. The van der Waals surface area contributed by atoms with Crippen molar-refractivity contribution in [2.24, 2.45) is 0 Å². The average molecular weight is 390 g/mol. The highest BCUT2D eigenvalue weighted by molar-refractivity contribution is 7.99. The Hall–Kier alpha value is -3.30. The van der Waals surface area contributed by atoms with E-state index in [0.717, 1.165) is 21.2 Å². The second kappa shape index (κ2) is 9.58. The number of carbonyl (C=O) groups excluding carboxylic acids is 2. The molecule has 0 spiro atoms. The Balaban J connectivity index is 1.56. The zero-order valence-corrected chi connectivity index (χ0v) is 15.9. The van der Waals surface area contributed by atoms with Gasteiger partial charge in [-0.25, -0.2) is 0 Å². The molecule has 3 aromatic rings. The minimum Gasteiger partial charge on any atom is -0.455 e. The van der Waals surface area contributed by atoms with E-state index in [9.17, 15) is 9.59 Å². The lowest BCUT2D eigenvalue weighted by atomic mass is 10.0. The highest BCUT2D eigenvalue weighted by atomic mass is 32.2. The Kier molecular flexibility index (Phi) is 6.66. The standard InChI is InChI=1S/C22H18N2O3S/c23-12-13-28-20-11-4-3-10-19(20)24-21(25)15-27-22(26)14-17-8-5-7-16-6-1-2-9-18(16)17/h1-11H,13-15H2,(H,24,25). The number of hydrogen-bond acceptors (Lipinski definition) is 5. The van der Waals surface area contributed by atoms with Crippen LogP contribution in [0.15, 0.2) is 71.6 Å². The molecule has 0 saturated heterocycles. The third-order valence-corrected chi connectivity index (χ3v) is 4.97. The number of carbonyl (C=O) groups is 2. The highest BCUT2D eigenvalue weighted by Crippen LogP contribution is 2.26. The number of anilines is 1. The van der Waals surface area contributed by atoms with Crippen LogP contribution in [0.2, 0.25) is 0 Å². The molecule has 5 nitrogen and oxygen atoms in total. The summed E-state index contributed by atoms with van der Waals surface area (Å²) in [5.74, 6) is -0.595. The maximum atomic E-state index is 12.2. The number of nitrogens with zero attached hydrogens (tertiary/aromatic N) is 1. The summed E-state index contributed by atoms with van der Waals surface area (Å²) >= 11 is 1.33. The molecule has 140 valence electrons. The van der Waals surface area contributed by atoms with E-state index in [2.05, 4.69) is 11.4 Å². The van der Waals surface area contributed by atoms with Crippen LogP contribution in [0.25, 0.3) is 10.8 Å². The molecule has 1 N–H and O–H groups in total. The lowest BCUT2D eigenvalue weighted by Gasteiger charge is -2.10. The molecule has 0 bridgehead atoms. The predicted octanol–water partition coefficient (Wildman–Crippen LogP) is 4.18. The van der Waals surface area contributed by atoms with Crippen LogP contribution in [0.4, 0.5) is 5.69 Å². The van der Waals surface area contributed by atoms with Gasteiger partial charge in [-0.05, 0) is 28.5 Å². The van der Waals surface area contributed by atoms with Crippen LogP contribution < -0.4 is 5.32 Å². The van der Waals surface area contributed by atoms with Crippen molar-refractivity contribution in [3.05, 3.63) is 72.3 Å². The van der Waals surface area contributed by atoms with E-state index in [0.29, 0.717) is 5.69 Å². The summed E-state index contributed by atoms with van der Waals surface area (Å²) in [5.41, 5.74) is 1.46. The van der Waals surface area contributed by atoms with Crippen LogP contribution in [0.1, 0.15) is 5.56 Å². The van der Waals surface area contributed by atoms with E-state index in [4.69, 9.17) is 10.00 Å². The molecule has 0 fully saturated rings. The van der Waals surface area contributed by atoms with Crippen molar-refractivity contribution in [2.45, 2.75) is 11.3 Å². The van der Waals surface area contributed by atoms with E-state index >= 15 is 0 Å². The Labute approximate surface area is 167 Å². The summed E-state index contributed by atoms with van der Waals surface area (Å²) in [4.78, 5) is 25.1. The molecule has 0 aliphatic rings. The zero-order valence-electron chi connectivity index (χ0n) is 15.1. The van der Waals surface area contributed by atoms with Crippen LogP contribution >= 0.6 is 11.8 Å². The van der Waals surface area contributed by atoms with Gasteiger partial charge in [0.1, 0.15) is 0 Å². The Morgan fingerprint density at radius 2 is 1.75 bits per heavy atom. The number of hydrogen-bond donors (Lipinski definition) is 1. The van der Waals surface area contributed by atoms with Crippen LogP contribution in [0.3, 0.4) is 0 Å². The number of nitriles is 1. The second-order valence-corrected chi connectivity index (χ2v) is 6.98. The molecule has 0 unspecified atom stereocenters. The second-order valence-electron chi connectivity index (χ2n) is 5.97. The molecule has 6 heteroatoms. The van der Waals surface area contributed by atoms with Crippen molar-refractivity contribution in [1.82, 2.24) is 0 Å². The molecular weight excluding hydrogens is 372 g/mol. The van der Waals surface area contributed by atoms with Crippen molar-refractivity contribution in [2.75, 3.05) is 17.7 Å². The molecule has 0 aliphatic heterocycles. The lowest BCUT2D eigenvalue weighted by molar-refractivity contribution is -0.146. The number of para-hydroxylation sites is 1. The number of benzene rings is 3. The van der Waals surface area contributed by atoms with Gasteiger partial charge in [0.15, 0.2) is 6.61 Å². The molecule has 1 amide bonds. The normalized spacial score (nSPS) is 10.2. The van der Waals surface area contributed by atoms with Gasteiger partial charge in [0, 0.05) is 4.90 Å². The number of nitrogens with one attached hydrogen (secondary N) is 1. The number of rotatable bonds is 7. The molecule has 0 radical (unpaired) electrons. The molecule has 28 heavy (non-hydrogen) atoms. The first-order chi connectivity index (χ1) is 13.7. The van der Waals surface area contributed by atoms with Gasteiger partial charge >= 0.3 is 5.97 Å². The SMILES string of the molecule is N#CCSc1ccccc1NC(=O)COC(=O)Cc1cccc2ccccc12. The van der Waals surface area contributed by atoms with E-state index < -0.39 is 11.9 Å². The highest BCUT2D eigenvalue weighted by Gasteiger charge is 2.12. The molecule has 0 aromatic heterocycles. The van der Waals surface area contributed by atoms with Crippen molar-refractivity contribution >= 4 is 40.1 Å².